The minimum absolute atomic E-state index is 0.0976. The van der Waals surface area contributed by atoms with Crippen molar-refractivity contribution in [1.29, 1.82) is 0 Å². The van der Waals surface area contributed by atoms with Gasteiger partial charge < -0.3 is 14.6 Å². The van der Waals surface area contributed by atoms with Gasteiger partial charge in [0.15, 0.2) is 17.6 Å². The standard InChI is InChI=1S/C26H30O4/c1-25(2)9-10-26(3,4)20-11-16(5-7-19(20)25)23-14-29-22-12-15(6-8-21(22)30-23)17-13-18(17)24(27)28/h5-8,11-12,17-18,23H,9-10,13-14H2,1-4H3,(H,27,28). The molecule has 2 aromatic carbocycles. The van der Waals surface area contributed by atoms with E-state index in [1.807, 2.05) is 18.2 Å². The second kappa shape index (κ2) is 6.50. The van der Waals surface area contributed by atoms with E-state index in [9.17, 15) is 9.90 Å². The van der Waals surface area contributed by atoms with Crippen molar-refractivity contribution in [2.24, 2.45) is 5.92 Å². The Kier molecular flexibility index (Phi) is 4.22. The number of ether oxygens (including phenoxy) is 2. The van der Waals surface area contributed by atoms with E-state index in [1.54, 1.807) is 0 Å². The average molecular weight is 407 g/mol. The van der Waals surface area contributed by atoms with Gasteiger partial charge in [0.1, 0.15) is 6.61 Å². The minimum atomic E-state index is -0.714. The second-order valence-corrected chi connectivity index (χ2v) is 10.5. The van der Waals surface area contributed by atoms with Crippen molar-refractivity contribution in [2.75, 3.05) is 6.61 Å². The van der Waals surface area contributed by atoms with Gasteiger partial charge in [-0.2, -0.15) is 0 Å². The van der Waals surface area contributed by atoms with Gasteiger partial charge in [0.2, 0.25) is 0 Å². The lowest BCUT2D eigenvalue weighted by Gasteiger charge is -2.42. The highest BCUT2D eigenvalue weighted by molar-refractivity contribution is 5.75. The highest BCUT2D eigenvalue weighted by Crippen LogP contribution is 2.50. The summed E-state index contributed by atoms with van der Waals surface area (Å²) in [7, 11) is 0. The highest BCUT2D eigenvalue weighted by Gasteiger charge is 2.44. The van der Waals surface area contributed by atoms with Gasteiger partial charge in [0, 0.05) is 0 Å². The fourth-order valence-electron chi connectivity index (χ4n) is 5.13. The number of rotatable bonds is 3. The first-order valence-electron chi connectivity index (χ1n) is 11.0. The molecule has 1 saturated carbocycles. The van der Waals surface area contributed by atoms with E-state index in [1.165, 1.54) is 24.0 Å². The van der Waals surface area contributed by atoms with Gasteiger partial charge in [0.05, 0.1) is 5.92 Å². The van der Waals surface area contributed by atoms with E-state index in [0.717, 1.165) is 22.6 Å². The molecule has 3 aliphatic rings. The van der Waals surface area contributed by atoms with Crippen LogP contribution in [-0.2, 0) is 15.6 Å². The molecule has 3 atom stereocenters. The molecular formula is C26H30O4. The summed E-state index contributed by atoms with van der Waals surface area (Å²) >= 11 is 0. The Bertz CT molecular complexity index is 1020. The van der Waals surface area contributed by atoms with Crippen molar-refractivity contribution in [2.45, 2.75) is 69.8 Å². The predicted molar refractivity (Wildman–Crippen MR) is 116 cm³/mol. The number of carboxylic acid groups (broad SMARTS) is 1. The van der Waals surface area contributed by atoms with E-state index < -0.39 is 5.97 Å². The van der Waals surface area contributed by atoms with Crippen molar-refractivity contribution < 1.29 is 19.4 Å². The zero-order chi connectivity index (χ0) is 21.3. The Labute approximate surface area is 178 Å². The van der Waals surface area contributed by atoms with Crippen molar-refractivity contribution in [3.8, 4) is 11.5 Å². The largest absolute Gasteiger partial charge is 0.485 e. The van der Waals surface area contributed by atoms with Gasteiger partial charge in [0.25, 0.3) is 0 Å². The van der Waals surface area contributed by atoms with E-state index in [4.69, 9.17) is 9.47 Å². The van der Waals surface area contributed by atoms with E-state index in [-0.39, 0.29) is 28.8 Å². The maximum absolute atomic E-state index is 11.2. The zero-order valence-corrected chi connectivity index (χ0v) is 18.2. The highest BCUT2D eigenvalue weighted by atomic mass is 16.6. The third-order valence-corrected chi connectivity index (χ3v) is 7.41. The normalized spacial score (nSPS) is 27.8. The summed E-state index contributed by atoms with van der Waals surface area (Å²) in [6, 6.07) is 12.7. The molecule has 4 heteroatoms. The van der Waals surface area contributed by atoms with Gasteiger partial charge in [-0.3, -0.25) is 4.79 Å². The van der Waals surface area contributed by atoms with Gasteiger partial charge in [-0.05, 0) is 70.4 Å². The monoisotopic (exact) mass is 406 g/mol. The van der Waals surface area contributed by atoms with Crippen LogP contribution in [0.15, 0.2) is 36.4 Å². The van der Waals surface area contributed by atoms with E-state index in [0.29, 0.717) is 13.0 Å². The first-order chi connectivity index (χ1) is 14.2. The summed E-state index contributed by atoms with van der Waals surface area (Å²) in [5.74, 6) is 0.580. The quantitative estimate of drug-likeness (QED) is 0.707. The Balaban J connectivity index is 1.40. The lowest BCUT2D eigenvalue weighted by atomic mass is 9.63. The molecule has 0 amide bonds. The molecule has 158 valence electrons. The summed E-state index contributed by atoms with van der Waals surface area (Å²) in [6.07, 6.45) is 2.96. The third-order valence-electron chi connectivity index (χ3n) is 7.41. The third kappa shape index (κ3) is 3.17. The summed E-state index contributed by atoms with van der Waals surface area (Å²) in [6.45, 7) is 9.81. The maximum atomic E-state index is 11.2. The summed E-state index contributed by atoms with van der Waals surface area (Å²) in [5, 5.41) is 9.18. The molecular weight excluding hydrogens is 376 g/mol. The minimum Gasteiger partial charge on any atom is -0.485 e. The van der Waals surface area contributed by atoms with Crippen LogP contribution >= 0.6 is 0 Å². The lowest BCUT2D eigenvalue weighted by Crippen LogP contribution is -2.34. The van der Waals surface area contributed by atoms with Crippen molar-refractivity contribution in [3.63, 3.8) is 0 Å². The van der Waals surface area contributed by atoms with Crippen molar-refractivity contribution in [1.82, 2.24) is 0 Å². The fourth-order valence-corrected chi connectivity index (χ4v) is 5.13. The number of hydrogen-bond donors (Lipinski definition) is 1. The SMILES string of the molecule is CC1(C)CCC(C)(C)c2cc(C3COc4cc(C5CC5C(=O)O)ccc4O3)ccc21. The number of fused-ring (bicyclic) bond motifs is 2. The zero-order valence-electron chi connectivity index (χ0n) is 18.2. The van der Waals surface area contributed by atoms with Crippen molar-refractivity contribution in [3.05, 3.63) is 58.7 Å². The van der Waals surface area contributed by atoms with E-state index >= 15 is 0 Å². The molecule has 5 rings (SSSR count). The fraction of sp³-hybridized carbons (Fsp3) is 0.500. The van der Waals surface area contributed by atoms with Crippen LogP contribution in [0.3, 0.4) is 0 Å². The Morgan fingerprint density at radius 2 is 1.63 bits per heavy atom. The molecule has 0 saturated heterocycles. The van der Waals surface area contributed by atoms with Crippen LogP contribution in [0.1, 0.15) is 81.2 Å². The van der Waals surface area contributed by atoms with Gasteiger partial charge in [-0.25, -0.2) is 0 Å². The molecule has 1 heterocycles. The predicted octanol–water partition coefficient (Wildman–Crippen LogP) is 5.74. The van der Waals surface area contributed by atoms with Crippen LogP contribution in [0.5, 0.6) is 11.5 Å². The molecule has 1 fully saturated rings. The number of carbonyl (C=O) groups is 1. The Hall–Kier alpha value is -2.49. The lowest BCUT2D eigenvalue weighted by molar-refractivity contribution is -0.138. The van der Waals surface area contributed by atoms with Crippen LogP contribution in [0.25, 0.3) is 0 Å². The summed E-state index contributed by atoms with van der Waals surface area (Å²) in [5.41, 5.74) is 5.42. The van der Waals surface area contributed by atoms with Crippen LogP contribution in [0, 0.1) is 5.92 Å². The number of benzene rings is 2. The van der Waals surface area contributed by atoms with E-state index in [2.05, 4.69) is 45.9 Å². The molecule has 1 N–H and O–H groups in total. The first-order valence-corrected chi connectivity index (χ1v) is 11.0. The number of carboxylic acids is 1. The molecule has 30 heavy (non-hydrogen) atoms. The molecule has 3 unspecified atom stereocenters. The summed E-state index contributed by atoms with van der Waals surface area (Å²) < 4.78 is 12.4. The maximum Gasteiger partial charge on any atom is 0.307 e. The molecule has 1 aliphatic heterocycles. The number of aliphatic carboxylic acids is 1. The second-order valence-electron chi connectivity index (χ2n) is 10.5. The molecule has 2 aliphatic carbocycles. The van der Waals surface area contributed by atoms with Crippen molar-refractivity contribution >= 4 is 5.97 Å². The topological polar surface area (TPSA) is 55.8 Å². The average Bonchev–Trinajstić information content (AvgIpc) is 3.52. The molecule has 4 nitrogen and oxygen atoms in total. The van der Waals surface area contributed by atoms with Gasteiger partial charge in [-0.1, -0.05) is 52.0 Å². The first kappa shape index (κ1) is 19.5. The molecule has 0 bridgehead atoms. The van der Waals surface area contributed by atoms with Crippen LogP contribution in [-0.4, -0.2) is 17.7 Å². The van der Waals surface area contributed by atoms with Gasteiger partial charge >= 0.3 is 5.97 Å². The Morgan fingerprint density at radius 1 is 0.933 bits per heavy atom. The van der Waals surface area contributed by atoms with Crippen LogP contribution in [0.2, 0.25) is 0 Å². The van der Waals surface area contributed by atoms with Gasteiger partial charge in [-0.15, -0.1) is 0 Å². The molecule has 0 aromatic heterocycles. The molecule has 0 spiro atoms. The van der Waals surface area contributed by atoms with Crippen LogP contribution < -0.4 is 9.47 Å². The Morgan fingerprint density at radius 3 is 2.33 bits per heavy atom. The number of hydrogen-bond acceptors (Lipinski definition) is 3. The van der Waals surface area contributed by atoms with Crippen LogP contribution in [0.4, 0.5) is 0 Å². The molecule has 0 radical (unpaired) electrons. The smallest absolute Gasteiger partial charge is 0.307 e. The molecule has 2 aromatic rings. The summed E-state index contributed by atoms with van der Waals surface area (Å²) in [4.78, 5) is 11.2.